The molecule has 0 atom stereocenters. The molecule has 5 N–H and O–H groups in total. The Hall–Kier alpha value is -3.22. The highest BCUT2D eigenvalue weighted by molar-refractivity contribution is 5.98. The summed E-state index contributed by atoms with van der Waals surface area (Å²) in [6.07, 6.45) is 0. The van der Waals surface area contributed by atoms with E-state index in [0.717, 1.165) is 11.1 Å². The van der Waals surface area contributed by atoms with Crippen molar-refractivity contribution in [1.29, 1.82) is 0 Å². The van der Waals surface area contributed by atoms with Crippen LogP contribution in [0.15, 0.2) is 40.8 Å². The van der Waals surface area contributed by atoms with Gasteiger partial charge in [-0.3, -0.25) is 4.79 Å². The van der Waals surface area contributed by atoms with Gasteiger partial charge in [0.05, 0.1) is 18.7 Å². The second-order valence-corrected chi connectivity index (χ2v) is 5.20. The van der Waals surface area contributed by atoms with Crippen molar-refractivity contribution in [2.45, 2.75) is 13.5 Å². The third-order valence-electron chi connectivity index (χ3n) is 3.47. The zero-order valence-corrected chi connectivity index (χ0v) is 13.2. The Bertz CT molecular complexity index is 889. The number of hydrogen-bond donors (Lipinski definition) is 3. The smallest absolute Gasteiger partial charge is 0.255 e. The maximum Gasteiger partial charge on any atom is 0.255 e. The van der Waals surface area contributed by atoms with Gasteiger partial charge in [0.1, 0.15) is 28.7 Å². The van der Waals surface area contributed by atoms with Crippen molar-refractivity contribution in [3.8, 4) is 5.75 Å². The number of nitrogens with one attached hydrogen (secondary N) is 1. The van der Waals surface area contributed by atoms with Crippen LogP contribution in [-0.4, -0.2) is 17.5 Å². The standard InChI is InChI=1S/C17H18N4O3/c1-2-23-11-4-3-10-7-12(24-14(10)8-11)9-20-17(22)13-5-6-15(18)21-16(13)19/h3-8H,2,9H2,1H3,(H,20,22)(H4,18,19,21). The van der Waals surface area contributed by atoms with Gasteiger partial charge in [-0.05, 0) is 37.3 Å². The fourth-order valence-corrected chi connectivity index (χ4v) is 2.36. The number of anilines is 2. The van der Waals surface area contributed by atoms with Gasteiger partial charge in [0.2, 0.25) is 0 Å². The van der Waals surface area contributed by atoms with Gasteiger partial charge in [-0.2, -0.15) is 0 Å². The highest BCUT2D eigenvalue weighted by Gasteiger charge is 2.12. The fourth-order valence-electron chi connectivity index (χ4n) is 2.36. The van der Waals surface area contributed by atoms with Crippen LogP contribution in [0.1, 0.15) is 23.0 Å². The van der Waals surface area contributed by atoms with Gasteiger partial charge in [0.25, 0.3) is 5.91 Å². The van der Waals surface area contributed by atoms with Crippen LogP contribution < -0.4 is 21.5 Å². The number of nitrogens with two attached hydrogens (primary N) is 2. The molecule has 3 rings (SSSR count). The molecule has 0 unspecified atom stereocenters. The molecule has 2 aromatic heterocycles. The molecule has 0 radical (unpaired) electrons. The van der Waals surface area contributed by atoms with E-state index in [0.29, 0.717) is 18.0 Å². The topological polar surface area (TPSA) is 116 Å². The van der Waals surface area contributed by atoms with E-state index in [1.165, 1.54) is 6.07 Å². The Morgan fingerprint density at radius 3 is 2.83 bits per heavy atom. The lowest BCUT2D eigenvalue weighted by Gasteiger charge is -2.06. The van der Waals surface area contributed by atoms with Crippen LogP contribution in [0, 0.1) is 0 Å². The summed E-state index contributed by atoms with van der Waals surface area (Å²) in [6, 6.07) is 10.6. The Morgan fingerprint density at radius 1 is 1.25 bits per heavy atom. The van der Waals surface area contributed by atoms with Crippen LogP contribution in [0.5, 0.6) is 5.75 Å². The Kier molecular flexibility index (Phi) is 4.24. The maximum atomic E-state index is 12.2. The quantitative estimate of drug-likeness (QED) is 0.662. The normalized spacial score (nSPS) is 10.7. The number of aromatic nitrogens is 1. The van der Waals surface area contributed by atoms with Crippen LogP contribution in [0.3, 0.4) is 0 Å². The number of nitrogens with zero attached hydrogens (tertiary/aromatic N) is 1. The minimum Gasteiger partial charge on any atom is -0.494 e. The van der Waals surface area contributed by atoms with Crippen LogP contribution in [0.25, 0.3) is 11.0 Å². The number of hydrogen-bond acceptors (Lipinski definition) is 6. The third kappa shape index (κ3) is 3.24. The molecule has 3 aromatic rings. The number of pyridine rings is 1. The molecule has 1 aromatic carbocycles. The second kappa shape index (κ2) is 6.49. The molecule has 0 saturated heterocycles. The molecule has 1 amide bonds. The Morgan fingerprint density at radius 2 is 2.08 bits per heavy atom. The molecule has 0 fully saturated rings. The van der Waals surface area contributed by atoms with Crippen LogP contribution >= 0.6 is 0 Å². The van der Waals surface area contributed by atoms with Gasteiger partial charge in [-0.25, -0.2) is 4.98 Å². The first kappa shape index (κ1) is 15.7. The van der Waals surface area contributed by atoms with Gasteiger partial charge < -0.3 is 25.9 Å². The summed E-state index contributed by atoms with van der Waals surface area (Å²) in [4.78, 5) is 16.0. The maximum absolute atomic E-state index is 12.2. The molecule has 0 spiro atoms. The highest BCUT2D eigenvalue weighted by Crippen LogP contribution is 2.24. The lowest BCUT2D eigenvalue weighted by Crippen LogP contribution is -2.24. The van der Waals surface area contributed by atoms with E-state index in [1.54, 1.807) is 6.07 Å². The number of carbonyl (C=O) groups excluding carboxylic acids is 1. The van der Waals surface area contributed by atoms with Gasteiger partial charge in [0, 0.05) is 11.5 Å². The molecular weight excluding hydrogens is 308 g/mol. The molecule has 7 nitrogen and oxygen atoms in total. The number of ether oxygens (including phenoxy) is 1. The predicted octanol–water partition coefficient (Wildman–Crippen LogP) is 2.32. The van der Waals surface area contributed by atoms with Crippen molar-refractivity contribution in [3.05, 3.63) is 47.7 Å². The van der Waals surface area contributed by atoms with E-state index < -0.39 is 0 Å². The van der Waals surface area contributed by atoms with Gasteiger partial charge >= 0.3 is 0 Å². The molecule has 0 bridgehead atoms. The summed E-state index contributed by atoms with van der Waals surface area (Å²) in [7, 11) is 0. The second-order valence-electron chi connectivity index (χ2n) is 5.20. The zero-order valence-electron chi connectivity index (χ0n) is 13.2. The number of fused-ring (bicyclic) bond motifs is 1. The monoisotopic (exact) mass is 326 g/mol. The Labute approximate surface area is 138 Å². The minimum atomic E-state index is -0.338. The Balaban J connectivity index is 1.72. The van der Waals surface area contributed by atoms with Crippen molar-refractivity contribution in [2.24, 2.45) is 0 Å². The number of amides is 1. The molecule has 0 aliphatic carbocycles. The van der Waals surface area contributed by atoms with E-state index >= 15 is 0 Å². The molecule has 24 heavy (non-hydrogen) atoms. The average Bonchev–Trinajstić information content (AvgIpc) is 2.95. The largest absolute Gasteiger partial charge is 0.494 e. The van der Waals surface area contributed by atoms with E-state index in [2.05, 4.69) is 10.3 Å². The summed E-state index contributed by atoms with van der Waals surface area (Å²) in [5.41, 5.74) is 12.2. The molecule has 124 valence electrons. The third-order valence-corrected chi connectivity index (χ3v) is 3.47. The first-order valence-corrected chi connectivity index (χ1v) is 7.52. The minimum absolute atomic E-state index is 0.0958. The van der Waals surface area contributed by atoms with Gasteiger partial charge in [-0.15, -0.1) is 0 Å². The predicted molar refractivity (Wildman–Crippen MR) is 91.6 cm³/mol. The first-order valence-electron chi connectivity index (χ1n) is 7.52. The lowest BCUT2D eigenvalue weighted by atomic mass is 10.2. The van der Waals surface area contributed by atoms with Crippen molar-refractivity contribution < 1.29 is 13.9 Å². The van der Waals surface area contributed by atoms with E-state index in [1.807, 2.05) is 31.2 Å². The van der Waals surface area contributed by atoms with E-state index in [9.17, 15) is 4.79 Å². The fraction of sp³-hybridized carbons (Fsp3) is 0.176. The summed E-state index contributed by atoms with van der Waals surface area (Å²) >= 11 is 0. The summed E-state index contributed by atoms with van der Waals surface area (Å²) in [5, 5.41) is 3.69. The lowest BCUT2D eigenvalue weighted by molar-refractivity contribution is 0.0949. The van der Waals surface area contributed by atoms with Gasteiger partial charge in [-0.1, -0.05) is 0 Å². The van der Waals surface area contributed by atoms with Crippen LogP contribution in [-0.2, 0) is 6.54 Å². The van der Waals surface area contributed by atoms with E-state index in [4.69, 9.17) is 20.6 Å². The highest BCUT2D eigenvalue weighted by atomic mass is 16.5. The number of rotatable bonds is 5. The summed E-state index contributed by atoms with van der Waals surface area (Å²) in [6.45, 7) is 2.75. The van der Waals surface area contributed by atoms with Crippen molar-refractivity contribution >= 4 is 28.5 Å². The molecule has 0 aliphatic rings. The van der Waals surface area contributed by atoms with E-state index in [-0.39, 0.29) is 29.7 Å². The zero-order chi connectivity index (χ0) is 17.1. The SMILES string of the molecule is CCOc1ccc2cc(CNC(=O)c3ccc(N)nc3N)oc2c1. The average molecular weight is 326 g/mol. The molecule has 2 heterocycles. The van der Waals surface area contributed by atoms with Crippen molar-refractivity contribution in [1.82, 2.24) is 10.3 Å². The molecule has 7 heteroatoms. The molecule has 0 saturated carbocycles. The van der Waals surface area contributed by atoms with Gasteiger partial charge in [0.15, 0.2) is 0 Å². The number of benzene rings is 1. The van der Waals surface area contributed by atoms with Crippen molar-refractivity contribution in [2.75, 3.05) is 18.1 Å². The summed E-state index contributed by atoms with van der Waals surface area (Å²) in [5.74, 6) is 1.41. The molecular formula is C17H18N4O3. The first-order chi connectivity index (χ1) is 11.6. The number of nitrogen functional groups attached to an aromatic ring is 2. The van der Waals surface area contributed by atoms with Crippen LogP contribution in [0.4, 0.5) is 11.6 Å². The number of carbonyl (C=O) groups is 1. The summed E-state index contributed by atoms with van der Waals surface area (Å²) < 4.78 is 11.2. The number of furan rings is 1. The van der Waals surface area contributed by atoms with Crippen molar-refractivity contribution in [3.63, 3.8) is 0 Å². The molecule has 0 aliphatic heterocycles. The van der Waals surface area contributed by atoms with Crippen LogP contribution in [0.2, 0.25) is 0 Å².